The minimum atomic E-state index is 0.144. The van der Waals surface area contributed by atoms with Crippen molar-refractivity contribution in [3.05, 3.63) is 12.2 Å². The Labute approximate surface area is 142 Å². The number of amides is 1. The summed E-state index contributed by atoms with van der Waals surface area (Å²) in [6.45, 7) is 14.3. The normalized spacial score (nSPS) is 28.3. The zero-order valence-electron chi connectivity index (χ0n) is 15.6. The molecule has 2 rings (SSSR count). The average molecular weight is 322 g/mol. The van der Waals surface area contributed by atoms with Crippen LogP contribution in [0.15, 0.2) is 12.2 Å². The first kappa shape index (κ1) is 18.5. The van der Waals surface area contributed by atoms with Crippen LogP contribution < -0.4 is 10.6 Å². The number of carbonyl (C=O) groups excluding carboxylic acids is 1. The van der Waals surface area contributed by atoms with Gasteiger partial charge in [0.1, 0.15) is 0 Å². The average Bonchev–Trinajstić information content (AvgIpc) is 2.88. The molecule has 2 N–H and O–H groups in total. The highest BCUT2D eigenvalue weighted by atomic mass is 16.1. The molecule has 4 nitrogen and oxygen atoms in total. The third kappa shape index (κ3) is 5.61. The smallest absolute Gasteiger partial charge is 0.223 e. The van der Waals surface area contributed by atoms with Gasteiger partial charge in [-0.1, -0.05) is 12.2 Å². The summed E-state index contributed by atoms with van der Waals surface area (Å²) in [5, 5.41) is 6.85. The first-order valence-electron chi connectivity index (χ1n) is 9.12. The van der Waals surface area contributed by atoms with Gasteiger partial charge in [-0.25, -0.2) is 0 Å². The molecule has 0 spiro atoms. The van der Waals surface area contributed by atoms with E-state index in [9.17, 15) is 4.79 Å². The van der Waals surface area contributed by atoms with Crippen molar-refractivity contribution >= 4 is 5.91 Å². The molecule has 1 atom stereocenters. The Morgan fingerprint density at radius 1 is 1.26 bits per heavy atom. The molecule has 0 aromatic heterocycles. The van der Waals surface area contributed by atoms with Crippen molar-refractivity contribution in [1.29, 1.82) is 0 Å². The van der Waals surface area contributed by atoms with E-state index in [0.29, 0.717) is 18.4 Å². The highest BCUT2D eigenvalue weighted by Crippen LogP contribution is 2.33. The Hall–Kier alpha value is -0.870. The number of hydrogen-bond donors (Lipinski definition) is 2. The summed E-state index contributed by atoms with van der Waals surface area (Å²) in [5.41, 5.74) is 0.399. The monoisotopic (exact) mass is 321 g/mol. The molecule has 0 aromatic rings. The Balaban J connectivity index is 1.81. The lowest BCUT2D eigenvalue weighted by Gasteiger charge is -2.49. The zero-order chi connectivity index (χ0) is 17.1. The summed E-state index contributed by atoms with van der Waals surface area (Å²) in [4.78, 5) is 14.4. The van der Waals surface area contributed by atoms with E-state index >= 15 is 0 Å². The van der Waals surface area contributed by atoms with Gasteiger partial charge < -0.3 is 10.6 Å². The number of nitrogens with one attached hydrogen (secondary N) is 2. The summed E-state index contributed by atoms with van der Waals surface area (Å²) in [7, 11) is 0. The fourth-order valence-electron chi connectivity index (χ4n) is 4.44. The summed E-state index contributed by atoms with van der Waals surface area (Å²) >= 11 is 0. The highest BCUT2D eigenvalue weighted by Gasteiger charge is 2.41. The van der Waals surface area contributed by atoms with Gasteiger partial charge in [0.2, 0.25) is 5.91 Å². The van der Waals surface area contributed by atoms with E-state index in [-0.39, 0.29) is 17.0 Å². The van der Waals surface area contributed by atoms with Crippen LogP contribution in [0, 0.1) is 5.92 Å². The number of hydrogen-bond acceptors (Lipinski definition) is 3. The van der Waals surface area contributed by atoms with Gasteiger partial charge in [-0.15, -0.1) is 0 Å². The molecular formula is C19H35N3O. The molecule has 0 aromatic carbocycles. The molecule has 132 valence electrons. The molecule has 2 aliphatic heterocycles. The predicted octanol–water partition coefficient (Wildman–Crippen LogP) is 2.70. The van der Waals surface area contributed by atoms with Crippen LogP contribution in [0.2, 0.25) is 0 Å². The predicted molar refractivity (Wildman–Crippen MR) is 96.4 cm³/mol. The van der Waals surface area contributed by atoms with E-state index in [2.05, 4.69) is 43.2 Å². The lowest BCUT2D eigenvalue weighted by atomic mass is 9.79. The summed E-state index contributed by atoms with van der Waals surface area (Å²) in [5.74, 6) is 0.747. The van der Waals surface area contributed by atoms with Crippen molar-refractivity contribution in [2.24, 2.45) is 5.92 Å². The second-order valence-electron chi connectivity index (χ2n) is 8.68. The summed E-state index contributed by atoms with van der Waals surface area (Å²) in [6, 6.07) is 0.657. The quantitative estimate of drug-likeness (QED) is 0.765. The molecule has 2 saturated heterocycles. The highest BCUT2D eigenvalue weighted by molar-refractivity contribution is 5.77. The van der Waals surface area contributed by atoms with Gasteiger partial charge in [-0.3, -0.25) is 9.69 Å². The van der Waals surface area contributed by atoms with Gasteiger partial charge in [-0.2, -0.15) is 0 Å². The number of allylic oxidation sites excluding steroid dienone is 1. The number of piperidine rings is 1. The van der Waals surface area contributed by atoms with Gasteiger partial charge in [0.05, 0.1) is 0 Å². The Kier molecular flexibility index (Phi) is 5.90. The molecular weight excluding hydrogens is 286 g/mol. The van der Waals surface area contributed by atoms with Crippen LogP contribution in [0.5, 0.6) is 0 Å². The number of nitrogens with zero attached hydrogens (tertiary/aromatic N) is 1. The summed E-state index contributed by atoms with van der Waals surface area (Å²) in [6.07, 6.45) is 7.96. The Morgan fingerprint density at radius 3 is 2.52 bits per heavy atom. The summed E-state index contributed by atoms with van der Waals surface area (Å²) < 4.78 is 0. The van der Waals surface area contributed by atoms with Crippen molar-refractivity contribution in [2.75, 3.05) is 19.6 Å². The zero-order valence-corrected chi connectivity index (χ0v) is 15.6. The maximum atomic E-state index is 11.7. The molecule has 0 aliphatic carbocycles. The van der Waals surface area contributed by atoms with E-state index < -0.39 is 0 Å². The number of rotatable bonds is 5. The second kappa shape index (κ2) is 7.35. The van der Waals surface area contributed by atoms with Crippen LogP contribution >= 0.6 is 0 Å². The third-order valence-corrected chi connectivity index (χ3v) is 5.13. The van der Waals surface area contributed by atoms with E-state index in [1.54, 1.807) is 0 Å². The van der Waals surface area contributed by atoms with Gasteiger partial charge in [-0.05, 0) is 66.3 Å². The molecule has 2 heterocycles. The molecule has 0 radical (unpaired) electrons. The molecule has 0 saturated carbocycles. The third-order valence-electron chi connectivity index (χ3n) is 5.13. The van der Waals surface area contributed by atoms with Crippen LogP contribution in [-0.2, 0) is 4.79 Å². The van der Waals surface area contributed by atoms with E-state index in [1.807, 2.05) is 19.1 Å². The minimum absolute atomic E-state index is 0.144. The molecule has 23 heavy (non-hydrogen) atoms. The number of carbonyl (C=O) groups is 1. The van der Waals surface area contributed by atoms with Crippen molar-refractivity contribution in [1.82, 2.24) is 15.5 Å². The van der Waals surface area contributed by atoms with Crippen LogP contribution in [0.25, 0.3) is 0 Å². The first-order chi connectivity index (χ1) is 10.7. The van der Waals surface area contributed by atoms with E-state index in [1.165, 1.54) is 25.8 Å². The molecule has 0 bridgehead atoms. The molecule has 4 heteroatoms. The topological polar surface area (TPSA) is 44.4 Å². The molecule has 1 amide bonds. The van der Waals surface area contributed by atoms with Gasteiger partial charge in [0.25, 0.3) is 0 Å². The lowest BCUT2D eigenvalue weighted by molar-refractivity contribution is -0.120. The minimum Gasteiger partial charge on any atom is -0.356 e. The van der Waals surface area contributed by atoms with Crippen molar-refractivity contribution in [3.8, 4) is 0 Å². The van der Waals surface area contributed by atoms with Crippen LogP contribution in [0.4, 0.5) is 0 Å². The van der Waals surface area contributed by atoms with Crippen molar-refractivity contribution < 1.29 is 4.79 Å². The molecule has 2 aliphatic rings. The van der Waals surface area contributed by atoms with Crippen LogP contribution in [0.3, 0.4) is 0 Å². The largest absolute Gasteiger partial charge is 0.356 e. The molecule has 2 fully saturated rings. The maximum Gasteiger partial charge on any atom is 0.223 e. The van der Waals surface area contributed by atoms with Crippen molar-refractivity contribution in [2.45, 2.75) is 77.4 Å². The van der Waals surface area contributed by atoms with Crippen LogP contribution in [-0.4, -0.2) is 47.6 Å². The maximum absolute atomic E-state index is 11.7. The Bertz CT molecular complexity index is 426. The van der Waals surface area contributed by atoms with Gasteiger partial charge in [0.15, 0.2) is 0 Å². The SMILES string of the molecule is C/C=C/CC(=O)NC[C@H]1CCN(C2CC(C)(C)NC(C)(C)C2)C1. The van der Waals surface area contributed by atoms with E-state index in [0.717, 1.165) is 13.1 Å². The standard InChI is InChI=1S/C19H35N3O/c1-6-7-8-17(23)20-13-15-9-10-22(14-15)16-11-18(2,3)21-19(4,5)12-16/h6-7,15-16,21H,8-14H2,1-5H3,(H,20,23)/b7-6+/t15-/m1/s1. The fraction of sp³-hybridized carbons (Fsp3) is 0.842. The Morgan fingerprint density at radius 2 is 1.91 bits per heavy atom. The van der Waals surface area contributed by atoms with Crippen LogP contribution in [0.1, 0.15) is 60.3 Å². The first-order valence-corrected chi connectivity index (χ1v) is 9.12. The van der Waals surface area contributed by atoms with E-state index in [4.69, 9.17) is 0 Å². The second-order valence-corrected chi connectivity index (χ2v) is 8.68. The van der Waals surface area contributed by atoms with Crippen molar-refractivity contribution in [3.63, 3.8) is 0 Å². The van der Waals surface area contributed by atoms with Gasteiger partial charge >= 0.3 is 0 Å². The van der Waals surface area contributed by atoms with Gasteiger partial charge in [0, 0.05) is 36.6 Å². The number of likely N-dealkylation sites (tertiary alicyclic amines) is 1. The molecule has 0 unspecified atom stereocenters. The lowest BCUT2D eigenvalue weighted by Crippen LogP contribution is -2.62. The fourth-order valence-corrected chi connectivity index (χ4v) is 4.44.